The number of nitrogens with one attached hydrogen (secondary N) is 1. The van der Waals surface area contributed by atoms with E-state index < -0.39 is 34.3 Å². The maximum atomic E-state index is 13.1. The number of hydrogen-bond donors (Lipinski definition) is 2. The number of anilines is 1. The molecule has 152 valence electrons. The van der Waals surface area contributed by atoms with Crippen LogP contribution in [0.3, 0.4) is 0 Å². The van der Waals surface area contributed by atoms with E-state index in [0.717, 1.165) is 6.07 Å². The fourth-order valence-electron chi connectivity index (χ4n) is 2.66. The first-order valence-corrected chi connectivity index (χ1v) is 9.46. The molecule has 0 radical (unpaired) electrons. The highest BCUT2D eigenvalue weighted by Gasteiger charge is 2.33. The zero-order valence-corrected chi connectivity index (χ0v) is 16.0. The van der Waals surface area contributed by atoms with Gasteiger partial charge in [0.05, 0.1) is 10.5 Å². The Morgan fingerprint density at radius 2 is 1.71 bits per heavy atom. The first-order valence-electron chi connectivity index (χ1n) is 7.98. The lowest BCUT2D eigenvalue weighted by Gasteiger charge is -2.17. The van der Waals surface area contributed by atoms with Crippen molar-refractivity contribution in [2.75, 3.05) is 11.3 Å². The van der Waals surface area contributed by atoms with Crippen molar-refractivity contribution in [2.45, 2.75) is 31.8 Å². The van der Waals surface area contributed by atoms with Crippen LogP contribution < -0.4 is 9.46 Å². The average Bonchev–Trinajstić information content (AvgIpc) is 2.54. The lowest BCUT2D eigenvalue weighted by atomic mass is 10.1. The Kier molecular flexibility index (Phi) is 5.93. The average molecular weight is 417 g/mol. The molecule has 0 aliphatic carbocycles. The van der Waals surface area contributed by atoms with Crippen LogP contribution in [0, 0.1) is 20.8 Å². The van der Waals surface area contributed by atoms with Gasteiger partial charge in [-0.05, 0) is 50.1 Å². The van der Waals surface area contributed by atoms with Gasteiger partial charge in [0.2, 0.25) is 0 Å². The van der Waals surface area contributed by atoms with Crippen LogP contribution in [0.15, 0.2) is 35.2 Å². The Balaban J connectivity index is 2.43. The van der Waals surface area contributed by atoms with Gasteiger partial charge in [-0.2, -0.15) is 13.2 Å². The molecule has 0 saturated heterocycles. The molecule has 0 aliphatic heterocycles. The highest BCUT2D eigenvalue weighted by molar-refractivity contribution is 7.92. The van der Waals surface area contributed by atoms with Gasteiger partial charge < -0.3 is 9.84 Å². The zero-order chi connectivity index (χ0) is 21.3. The van der Waals surface area contributed by atoms with Gasteiger partial charge >= 0.3 is 12.1 Å². The highest BCUT2D eigenvalue weighted by atomic mass is 32.2. The number of carboxylic acids is 1. The molecule has 0 spiro atoms. The number of alkyl halides is 3. The fourth-order valence-corrected chi connectivity index (χ4v) is 3.95. The van der Waals surface area contributed by atoms with Crippen LogP contribution in [0.1, 0.15) is 22.3 Å². The first-order chi connectivity index (χ1) is 12.8. The molecule has 0 fully saturated rings. The number of halogens is 3. The Labute approximate surface area is 160 Å². The van der Waals surface area contributed by atoms with E-state index in [1.807, 2.05) is 0 Å². The maximum Gasteiger partial charge on any atom is 0.416 e. The van der Waals surface area contributed by atoms with Crippen molar-refractivity contribution in [1.29, 1.82) is 0 Å². The molecular weight excluding hydrogens is 399 g/mol. The van der Waals surface area contributed by atoms with E-state index in [2.05, 4.69) is 4.72 Å². The van der Waals surface area contributed by atoms with E-state index in [0.29, 0.717) is 5.56 Å². The summed E-state index contributed by atoms with van der Waals surface area (Å²) in [5, 5.41) is 8.75. The standard InChI is InChI=1S/C18H18F3NO5S/c1-10-4-6-13(8-14(10)18(19,20)21)22-28(25,26)15-7-5-11(2)17(12(15)3)27-9-16(23)24/h4-8,22H,9H2,1-3H3,(H,23,24). The molecule has 0 unspecified atom stereocenters. The molecule has 28 heavy (non-hydrogen) atoms. The summed E-state index contributed by atoms with van der Waals surface area (Å²) in [7, 11) is -4.24. The van der Waals surface area contributed by atoms with E-state index in [1.54, 1.807) is 6.92 Å². The largest absolute Gasteiger partial charge is 0.481 e. The van der Waals surface area contributed by atoms with Crippen LogP contribution in [0.2, 0.25) is 0 Å². The van der Waals surface area contributed by atoms with E-state index in [1.165, 1.54) is 38.1 Å². The van der Waals surface area contributed by atoms with Crippen LogP contribution in [0.5, 0.6) is 5.75 Å². The number of carboxylic acid groups (broad SMARTS) is 1. The summed E-state index contributed by atoms with van der Waals surface area (Å²) in [6.45, 7) is 3.65. The Bertz CT molecular complexity index is 1020. The number of aryl methyl sites for hydroxylation is 2. The lowest BCUT2D eigenvalue weighted by molar-refractivity contribution is -0.139. The van der Waals surface area contributed by atoms with E-state index in [9.17, 15) is 26.4 Å². The van der Waals surface area contributed by atoms with E-state index in [4.69, 9.17) is 9.84 Å². The zero-order valence-electron chi connectivity index (χ0n) is 15.2. The van der Waals surface area contributed by atoms with Gasteiger partial charge in [0, 0.05) is 11.3 Å². The molecule has 2 aromatic rings. The van der Waals surface area contributed by atoms with Crippen molar-refractivity contribution in [1.82, 2.24) is 0 Å². The molecule has 0 aliphatic rings. The third-order valence-electron chi connectivity index (χ3n) is 3.98. The highest BCUT2D eigenvalue weighted by Crippen LogP contribution is 2.35. The smallest absolute Gasteiger partial charge is 0.416 e. The number of hydrogen-bond acceptors (Lipinski definition) is 4. The topological polar surface area (TPSA) is 92.7 Å². The molecule has 2 rings (SSSR count). The molecule has 0 atom stereocenters. The molecule has 6 nitrogen and oxygen atoms in total. The maximum absolute atomic E-state index is 13.1. The number of ether oxygens (including phenoxy) is 1. The van der Waals surface area contributed by atoms with Crippen molar-refractivity contribution < 1.29 is 36.2 Å². The normalized spacial score (nSPS) is 11.9. The SMILES string of the molecule is Cc1ccc(NS(=O)(=O)c2ccc(C)c(OCC(=O)O)c2C)cc1C(F)(F)F. The Morgan fingerprint density at radius 1 is 1.11 bits per heavy atom. The van der Waals surface area contributed by atoms with Crippen molar-refractivity contribution in [3.63, 3.8) is 0 Å². The number of sulfonamides is 1. The predicted octanol–water partition coefficient (Wildman–Crippen LogP) is 3.89. The van der Waals surface area contributed by atoms with Crippen LogP contribution in [0.4, 0.5) is 18.9 Å². The van der Waals surface area contributed by atoms with E-state index in [-0.39, 0.29) is 27.5 Å². The second-order valence-electron chi connectivity index (χ2n) is 6.15. The molecule has 0 heterocycles. The van der Waals surface area contributed by atoms with Gasteiger partial charge in [0.1, 0.15) is 5.75 Å². The second kappa shape index (κ2) is 7.70. The van der Waals surface area contributed by atoms with Crippen molar-refractivity contribution in [2.24, 2.45) is 0 Å². The molecule has 2 N–H and O–H groups in total. The van der Waals surface area contributed by atoms with Crippen LogP contribution in [-0.4, -0.2) is 26.1 Å². The van der Waals surface area contributed by atoms with Crippen molar-refractivity contribution in [3.05, 3.63) is 52.6 Å². The third kappa shape index (κ3) is 4.75. The van der Waals surface area contributed by atoms with Gasteiger partial charge in [0.25, 0.3) is 10.0 Å². The van der Waals surface area contributed by atoms with E-state index >= 15 is 0 Å². The van der Waals surface area contributed by atoms with Crippen molar-refractivity contribution >= 4 is 21.7 Å². The number of rotatable bonds is 6. The summed E-state index contributed by atoms with van der Waals surface area (Å²) >= 11 is 0. The van der Waals surface area contributed by atoms with Gasteiger partial charge in [-0.25, -0.2) is 13.2 Å². The van der Waals surface area contributed by atoms with Crippen molar-refractivity contribution in [3.8, 4) is 5.75 Å². The molecule has 0 saturated carbocycles. The quantitative estimate of drug-likeness (QED) is 0.744. The molecule has 0 bridgehead atoms. The third-order valence-corrected chi connectivity index (χ3v) is 5.50. The molecule has 0 amide bonds. The Hall–Kier alpha value is -2.75. The van der Waals surface area contributed by atoms with Gasteiger partial charge in [0.15, 0.2) is 6.61 Å². The minimum absolute atomic E-state index is 0.0358. The van der Waals surface area contributed by atoms with Gasteiger partial charge in [-0.3, -0.25) is 4.72 Å². The summed E-state index contributed by atoms with van der Waals surface area (Å²) in [4.78, 5) is 10.5. The lowest BCUT2D eigenvalue weighted by Crippen LogP contribution is -2.17. The number of benzene rings is 2. The predicted molar refractivity (Wildman–Crippen MR) is 96.0 cm³/mol. The number of carbonyl (C=O) groups is 1. The van der Waals surface area contributed by atoms with Crippen LogP contribution >= 0.6 is 0 Å². The minimum atomic E-state index is -4.62. The van der Waals surface area contributed by atoms with Crippen LogP contribution in [0.25, 0.3) is 0 Å². The molecule has 0 aromatic heterocycles. The minimum Gasteiger partial charge on any atom is -0.481 e. The van der Waals surface area contributed by atoms with Gasteiger partial charge in [-0.15, -0.1) is 0 Å². The first kappa shape index (κ1) is 21.5. The monoisotopic (exact) mass is 417 g/mol. The van der Waals surface area contributed by atoms with Gasteiger partial charge in [-0.1, -0.05) is 12.1 Å². The molecule has 10 heteroatoms. The summed E-state index contributed by atoms with van der Waals surface area (Å²) in [5.74, 6) is -1.14. The van der Waals surface area contributed by atoms with Crippen LogP contribution in [-0.2, 0) is 21.0 Å². The summed E-state index contributed by atoms with van der Waals surface area (Å²) < 4.78 is 71.9. The summed E-state index contributed by atoms with van der Waals surface area (Å²) in [6.07, 6.45) is -4.62. The summed E-state index contributed by atoms with van der Waals surface area (Å²) in [6, 6.07) is 5.82. The second-order valence-corrected chi connectivity index (χ2v) is 7.80. The Morgan fingerprint density at radius 3 is 2.29 bits per heavy atom. The number of aliphatic carboxylic acids is 1. The molecule has 2 aromatic carbocycles. The summed E-state index contributed by atoms with van der Waals surface area (Å²) in [5.41, 5.74) is -0.555. The fraction of sp³-hybridized carbons (Fsp3) is 0.278. The molecular formula is C18H18F3NO5S.